The van der Waals surface area contributed by atoms with Gasteiger partial charge in [-0.2, -0.15) is 0 Å². The van der Waals surface area contributed by atoms with Crippen LogP contribution >= 0.6 is 0 Å². The lowest BCUT2D eigenvalue weighted by atomic mass is 10.1. The van der Waals surface area contributed by atoms with Crippen LogP contribution < -0.4 is 9.04 Å². The van der Waals surface area contributed by atoms with E-state index in [1.54, 1.807) is 24.3 Å². The Hall–Kier alpha value is -2.84. The summed E-state index contributed by atoms with van der Waals surface area (Å²) in [4.78, 5) is 0.206. The summed E-state index contributed by atoms with van der Waals surface area (Å²) in [6.07, 6.45) is 1.43. The summed E-state index contributed by atoms with van der Waals surface area (Å²) < 4.78 is 39.4. The summed E-state index contributed by atoms with van der Waals surface area (Å²) in [5.74, 6) is 1.42. The van der Waals surface area contributed by atoms with Gasteiger partial charge >= 0.3 is 0 Å². The number of nitrogens with zero attached hydrogens (tertiary/aromatic N) is 2. The minimum absolute atomic E-state index is 0.132. The molecule has 0 aliphatic heterocycles. The van der Waals surface area contributed by atoms with Crippen LogP contribution in [0, 0.1) is 19.8 Å². The van der Waals surface area contributed by atoms with E-state index in [9.17, 15) is 8.42 Å². The first-order valence-corrected chi connectivity index (χ1v) is 12.5. The second-order valence-electron chi connectivity index (χ2n) is 8.49. The molecule has 2 aromatic carbocycles. The van der Waals surface area contributed by atoms with Crippen molar-refractivity contribution in [1.82, 2.24) is 5.16 Å². The number of benzene rings is 2. The van der Waals surface area contributed by atoms with Crippen molar-refractivity contribution in [1.29, 1.82) is 0 Å². The van der Waals surface area contributed by atoms with Crippen LogP contribution in [0.1, 0.15) is 42.8 Å². The zero-order valence-electron chi connectivity index (χ0n) is 19.6. The molecule has 0 atom stereocenters. The van der Waals surface area contributed by atoms with Crippen molar-refractivity contribution in [2.24, 2.45) is 5.92 Å². The van der Waals surface area contributed by atoms with Crippen molar-refractivity contribution < 1.29 is 22.8 Å². The van der Waals surface area contributed by atoms with Crippen LogP contribution in [0.15, 0.2) is 57.9 Å². The van der Waals surface area contributed by atoms with Crippen molar-refractivity contribution in [3.8, 4) is 5.75 Å². The maximum atomic E-state index is 13.5. The Morgan fingerprint density at radius 3 is 2.27 bits per heavy atom. The first kappa shape index (κ1) is 24.8. The summed E-state index contributed by atoms with van der Waals surface area (Å²) in [5, 5.41) is 12.9. The van der Waals surface area contributed by atoms with Crippen molar-refractivity contribution in [3.05, 3.63) is 71.1 Å². The van der Waals surface area contributed by atoms with E-state index < -0.39 is 10.0 Å². The summed E-state index contributed by atoms with van der Waals surface area (Å²) in [6.45, 7) is 8.46. The summed E-state index contributed by atoms with van der Waals surface area (Å²) in [5.41, 5.74) is 3.35. The van der Waals surface area contributed by atoms with Crippen molar-refractivity contribution in [3.63, 3.8) is 0 Å². The highest BCUT2D eigenvalue weighted by molar-refractivity contribution is 7.92. The molecule has 0 aliphatic rings. The van der Waals surface area contributed by atoms with Crippen LogP contribution in [0.25, 0.3) is 0 Å². The minimum atomic E-state index is -3.75. The molecular weight excluding hydrogens is 440 g/mol. The average molecular weight is 473 g/mol. The summed E-state index contributed by atoms with van der Waals surface area (Å²) >= 11 is 0. The number of aryl methyl sites for hydroxylation is 3. The van der Waals surface area contributed by atoms with Crippen molar-refractivity contribution in [2.75, 3.05) is 17.5 Å². The first-order chi connectivity index (χ1) is 15.7. The monoisotopic (exact) mass is 472 g/mol. The van der Waals surface area contributed by atoms with E-state index in [-0.39, 0.29) is 17.4 Å². The van der Waals surface area contributed by atoms with Crippen LogP contribution in [0.3, 0.4) is 0 Å². The predicted molar refractivity (Wildman–Crippen MR) is 128 cm³/mol. The molecule has 0 saturated heterocycles. The molecule has 0 saturated carbocycles. The minimum Gasteiger partial charge on any atom is -0.489 e. The number of aliphatic hydroxyl groups is 1. The lowest BCUT2D eigenvalue weighted by Crippen LogP contribution is -2.34. The molecule has 0 radical (unpaired) electrons. The van der Waals surface area contributed by atoms with Gasteiger partial charge in [-0.25, -0.2) is 8.42 Å². The third-order valence-corrected chi connectivity index (χ3v) is 7.16. The Morgan fingerprint density at radius 1 is 1.06 bits per heavy atom. The van der Waals surface area contributed by atoms with Crippen LogP contribution in [0.2, 0.25) is 0 Å². The number of rotatable bonds is 11. The van der Waals surface area contributed by atoms with Gasteiger partial charge in [-0.3, -0.25) is 4.31 Å². The van der Waals surface area contributed by atoms with Gasteiger partial charge in [0.15, 0.2) is 0 Å². The molecular formula is C25H32N2O5S. The third-order valence-electron chi connectivity index (χ3n) is 5.35. The number of hydrogen-bond acceptors (Lipinski definition) is 6. The van der Waals surface area contributed by atoms with Crippen LogP contribution in [-0.4, -0.2) is 31.8 Å². The molecule has 7 nitrogen and oxygen atoms in total. The predicted octanol–water partition coefficient (Wildman–Crippen LogP) is 4.65. The normalized spacial score (nSPS) is 11.7. The lowest BCUT2D eigenvalue weighted by molar-refractivity contribution is 0.288. The molecule has 33 heavy (non-hydrogen) atoms. The molecule has 1 N–H and O–H groups in total. The SMILES string of the molecule is Cc1noc(C)c1COc1ccc(S(=O)(=O)N(CC(C)C)c2ccc(CCCO)cc2)cc1. The van der Waals surface area contributed by atoms with Gasteiger partial charge in [-0.05, 0) is 74.6 Å². The second-order valence-corrected chi connectivity index (χ2v) is 10.3. The smallest absolute Gasteiger partial charge is 0.264 e. The van der Waals surface area contributed by atoms with E-state index in [4.69, 9.17) is 14.4 Å². The molecule has 0 aliphatic carbocycles. The maximum absolute atomic E-state index is 13.5. The van der Waals surface area contributed by atoms with Crippen LogP contribution in [-0.2, 0) is 23.1 Å². The zero-order chi connectivity index (χ0) is 24.0. The molecule has 0 spiro atoms. The number of sulfonamides is 1. The van der Waals surface area contributed by atoms with Crippen molar-refractivity contribution >= 4 is 15.7 Å². The topological polar surface area (TPSA) is 92.9 Å². The third kappa shape index (κ3) is 6.15. The molecule has 8 heteroatoms. The van der Waals surface area contributed by atoms with E-state index in [1.807, 2.05) is 52.0 Å². The molecule has 178 valence electrons. The van der Waals surface area contributed by atoms with E-state index in [0.29, 0.717) is 36.8 Å². The highest BCUT2D eigenvalue weighted by atomic mass is 32.2. The largest absolute Gasteiger partial charge is 0.489 e. The van der Waals surface area contributed by atoms with Gasteiger partial charge in [0.25, 0.3) is 10.0 Å². The fourth-order valence-electron chi connectivity index (χ4n) is 3.48. The standard InChI is InChI=1S/C25H32N2O5S/c1-18(2)16-27(22-9-7-21(8-10-22)6-5-15-28)33(29,30)24-13-11-23(12-14-24)31-17-25-19(3)26-32-20(25)4/h7-14,18,28H,5-6,15-17H2,1-4H3. The molecule has 3 aromatic rings. The summed E-state index contributed by atoms with van der Waals surface area (Å²) in [7, 11) is -3.75. The Labute approximate surface area is 196 Å². The van der Waals surface area contributed by atoms with Gasteiger partial charge in [0.2, 0.25) is 0 Å². The molecule has 1 heterocycles. The van der Waals surface area contributed by atoms with Gasteiger partial charge in [-0.15, -0.1) is 0 Å². The fourth-order valence-corrected chi connectivity index (χ4v) is 5.11. The maximum Gasteiger partial charge on any atom is 0.264 e. The average Bonchev–Trinajstić information content (AvgIpc) is 3.12. The number of aromatic nitrogens is 1. The van der Waals surface area contributed by atoms with Crippen LogP contribution in [0.5, 0.6) is 5.75 Å². The molecule has 0 bridgehead atoms. The van der Waals surface area contributed by atoms with Crippen LogP contribution in [0.4, 0.5) is 5.69 Å². The van der Waals surface area contributed by atoms with Crippen molar-refractivity contribution in [2.45, 2.75) is 52.0 Å². The van der Waals surface area contributed by atoms with E-state index in [1.165, 1.54) is 4.31 Å². The van der Waals surface area contributed by atoms with Gasteiger partial charge in [0, 0.05) is 13.2 Å². The highest BCUT2D eigenvalue weighted by Gasteiger charge is 2.26. The molecule has 1 aromatic heterocycles. The first-order valence-electron chi connectivity index (χ1n) is 11.1. The Bertz CT molecular complexity index is 1120. The molecule has 0 fully saturated rings. The lowest BCUT2D eigenvalue weighted by Gasteiger charge is -2.26. The quantitative estimate of drug-likeness (QED) is 0.437. The fraction of sp³-hybridized carbons (Fsp3) is 0.400. The molecule has 0 amide bonds. The molecule has 3 rings (SSSR count). The highest BCUT2D eigenvalue weighted by Crippen LogP contribution is 2.27. The molecule has 0 unspecified atom stereocenters. The van der Waals surface area contributed by atoms with Gasteiger partial charge in [0.05, 0.1) is 21.8 Å². The second kappa shape index (κ2) is 10.9. The number of ether oxygens (including phenoxy) is 1. The summed E-state index contributed by atoms with van der Waals surface area (Å²) in [6, 6.07) is 14.0. The number of anilines is 1. The Morgan fingerprint density at radius 2 is 1.73 bits per heavy atom. The van der Waals surface area contributed by atoms with E-state index in [0.717, 1.165) is 23.2 Å². The van der Waals surface area contributed by atoms with Gasteiger partial charge in [0.1, 0.15) is 18.1 Å². The Kier molecular flexibility index (Phi) is 8.15. The van der Waals surface area contributed by atoms with Gasteiger partial charge < -0.3 is 14.4 Å². The number of hydrogen-bond donors (Lipinski definition) is 1. The number of aliphatic hydroxyl groups excluding tert-OH is 1. The van der Waals surface area contributed by atoms with Gasteiger partial charge in [-0.1, -0.05) is 31.1 Å². The zero-order valence-corrected chi connectivity index (χ0v) is 20.4. The Balaban J connectivity index is 1.79. The van der Waals surface area contributed by atoms with E-state index >= 15 is 0 Å². The van der Waals surface area contributed by atoms with E-state index in [2.05, 4.69) is 5.16 Å².